The SMILES string of the molecule is CCOC(=O)[C@H]1CCCN(c2c(S(=O)(=O)c3ccc(Cl)cc3)cnc3ccccc23)C1. The first-order valence-corrected chi connectivity index (χ1v) is 12.1. The predicted octanol–water partition coefficient (Wildman–Crippen LogP) is 4.50. The average Bonchev–Trinajstić information content (AvgIpc) is 2.79. The van der Waals surface area contributed by atoms with Gasteiger partial charge in [0, 0.05) is 29.7 Å². The predicted molar refractivity (Wildman–Crippen MR) is 120 cm³/mol. The Morgan fingerprint density at radius 2 is 1.94 bits per heavy atom. The van der Waals surface area contributed by atoms with Gasteiger partial charge in [-0.2, -0.15) is 0 Å². The van der Waals surface area contributed by atoms with Gasteiger partial charge in [0.15, 0.2) is 0 Å². The Morgan fingerprint density at radius 1 is 1.19 bits per heavy atom. The van der Waals surface area contributed by atoms with Crippen molar-refractivity contribution in [2.24, 2.45) is 5.92 Å². The van der Waals surface area contributed by atoms with Crippen molar-refractivity contribution in [1.82, 2.24) is 4.98 Å². The molecule has 6 nitrogen and oxygen atoms in total. The Morgan fingerprint density at radius 3 is 2.68 bits per heavy atom. The van der Waals surface area contributed by atoms with Gasteiger partial charge in [0.25, 0.3) is 0 Å². The van der Waals surface area contributed by atoms with Gasteiger partial charge in [-0.3, -0.25) is 9.78 Å². The highest BCUT2D eigenvalue weighted by Gasteiger charge is 2.32. The number of para-hydroxylation sites is 1. The van der Waals surface area contributed by atoms with Crippen LogP contribution in [0.1, 0.15) is 19.8 Å². The maximum Gasteiger partial charge on any atom is 0.310 e. The van der Waals surface area contributed by atoms with Crippen LogP contribution in [0.3, 0.4) is 0 Å². The zero-order valence-electron chi connectivity index (χ0n) is 17.1. The summed E-state index contributed by atoms with van der Waals surface area (Å²) in [5.74, 6) is -0.542. The number of halogens is 1. The number of aromatic nitrogens is 1. The zero-order valence-corrected chi connectivity index (χ0v) is 18.7. The largest absolute Gasteiger partial charge is 0.466 e. The van der Waals surface area contributed by atoms with E-state index in [4.69, 9.17) is 16.3 Å². The highest BCUT2D eigenvalue weighted by atomic mass is 35.5. The van der Waals surface area contributed by atoms with Gasteiger partial charge < -0.3 is 9.64 Å². The minimum absolute atomic E-state index is 0.123. The number of piperidine rings is 1. The summed E-state index contributed by atoms with van der Waals surface area (Å²) in [4.78, 5) is 19.0. The highest BCUT2D eigenvalue weighted by Crippen LogP contribution is 2.38. The Kier molecular flexibility index (Phi) is 6.16. The number of pyridine rings is 1. The minimum atomic E-state index is -3.85. The summed E-state index contributed by atoms with van der Waals surface area (Å²) >= 11 is 5.95. The van der Waals surface area contributed by atoms with Gasteiger partial charge >= 0.3 is 5.97 Å². The van der Waals surface area contributed by atoms with E-state index in [9.17, 15) is 13.2 Å². The number of nitrogens with zero attached hydrogens (tertiary/aromatic N) is 2. The number of sulfone groups is 1. The topological polar surface area (TPSA) is 76.6 Å². The molecule has 1 saturated heterocycles. The molecule has 162 valence electrons. The molecule has 0 spiro atoms. The number of hydrogen-bond donors (Lipinski definition) is 0. The first-order valence-electron chi connectivity index (χ1n) is 10.2. The molecule has 0 aliphatic carbocycles. The Labute approximate surface area is 186 Å². The van der Waals surface area contributed by atoms with Crippen LogP contribution in [0.15, 0.2) is 64.5 Å². The lowest BCUT2D eigenvalue weighted by Crippen LogP contribution is -2.40. The summed E-state index contributed by atoms with van der Waals surface area (Å²) in [6.07, 6.45) is 2.90. The van der Waals surface area contributed by atoms with E-state index in [1.165, 1.54) is 18.3 Å². The van der Waals surface area contributed by atoms with Crippen molar-refractivity contribution in [2.75, 3.05) is 24.6 Å². The first-order chi connectivity index (χ1) is 14.9. The van der Waals surface area contributed by atoms with Gasteiger partial charge in [-0.1, -0.05) is 29.8 Å². The molecule has 1 atom stereocenters. The molecule has 2 heterocycles. The molecule has 3 aromatic rings. The number of fused-ring (bicyclic) bond motifs is 1. The molecular formula is C23H23ClN2O4S. The van der Waals surface area contributed by atoms with Crippen LogP contribution in [0.4, 0.5) is 5.69 Å². The summed E-state index contributed by atoms with van der Waals surface area (Å²) in [6.45, 7) is 3.15. The number of benzene rings is 2. The Hall–Kier alpha value is -2.64. The smallest absolute Gasteiger partial charge is 0.310 e. The zero-order chi connectivity index (χ0) is 22.0. The van der Waals surface area contributed by atoms with Crippen LogP contribution >= 0.6 is 11.6 Å². The van der Waals surface area contributed by atoms with E-state index in [1.807, 2.05) is 29.2 Å². The van der Waals surface area contributed by atoms with E-state index in [0.29, 0.717) is 35.9 Å². The van der Waals surface area contributed by atoms with E-state index in [1.54, 1.807) is 19.1 Å². The summed E-state index contributed by atoms with van der Waals surface area (Å²) in [6, 6.07) is 13.5. The standard InChI is InChI=1S/C23H23ClN2O4S/c1-2-30-23(27)16-6-5-13-26(15-16)22-19-7-3-4-8-20(19)25-14-21(22)31(28,29)18-11-9-17(24)10-12-18/h3-4,7-12,14,16H,2,5-6,13,15H2,1H3/t16-/m0/s1. The quantitative estimate of drug-likeness (QED) is 0.524. The lowest BCUT2D eigenvalue weighted by molar-refractivity contribution is -0.148. The van der Waals surface area contributed by atoms with Gasteiger partial charge in [0.2, 0.25) is 9.84 Å². The molecule has 1 aliphatic heterocycles. The van der Waals surface area contributed by atoms with Crippen LogP contribution in [-0.4, -0.2) is 39.1 Å². The number of ether oxygens (including phenoxy) is 1. The molecule has 0 unspecified atom stereocenters. The molecule has 1 aromatic heterocycles. The number of anilines is 1. The molecule has 1 fully saturated rings. The van der Waals surface area contributed by atoms with E-state index >= 15 is 0 Å². The van der Waals surface area contributed by atoms with Crippen molar-refractivity contribution < 1.29 is 17.9 Å². The van der Waals surface area contributed by atoms with Crippen LogP contribution in [-0.2, 0) is 19.4 Å². The Bertz CT molecular complexity index is 1210. The third kappa shape index (κ3) is 4.25. The van der Waals surface area contributed by atoms with Crippen LogP contribution in [0.25, 0.3) is 10.9 Å². The number of hydrogen-bond acceptors (Lipinski definition) is 6. The van der Waals surface area contributed by atoms with Gasteiger partial charge in [-0.05, 0) is 50.1 Å². The summed E-state index contributed by atoms with van der Waals surface area (Å²) in [5.41, 5.74) is 1.28. The summed E-state index contributed by atoms with van der Waals surface area (Å²) in [5, 5.41) is 1.20. The van der Waals surface area contributed by atoms with Crippen molar-refractivity contribution >= 4 is 44.0 Å². The second-order valence-electron chi connectivity index (χ2n) is 7.48. The fraction of sp³-hybridized carbons (Fsp3) is 0.304. The van der Waals surface area contributed by atoms with Gasteiger partial charge in [-0.15, -0.1) is 0 Å². The van der Waals surface area contributed by atoms with Crippen LogP contribution in [0, 0.1) is 5.92 Å². The molecule has 4 rings (SSSR count). The number of carbonyl (C=O) groups excluding carboxylic acids is 1. The molecule has 0 saturated carbocycles. The van der Waals surface area contributed by atoms with E-state index < -0.39 is 9.84 Å². The molecule has 31 heavy (non-hydrogen) atoms. The highest BCUT2D eigenvalue weighted by molar-refractivity contribution is 7.91. The molecule has 8 heteroatoms. The molecule has 0 bridgehead atoms. The van der Waals surface area contributed by atoms with E-state index in [2.05, 4.69) is 4.98 Å². The number of esters is 1. The van der Waals surface area contributed by atoms with Crippen molar-refractivity contribution in [3.63, 3.8) is 0 Å². The number of rotatable bonds is 5. The molecular weight excluding hydrogens is 436 g/mol. The lowest BCUT2D eigenvalue weighted by Gasteiger charge is -2.35. The second kappa shape index (κ2) is 8.85. The van der Waals surface area contributed by atoms with Crippen molar-refractivity contribution in [3.8, 4) is 0 Å². The molecule has 1 aliphatic rings. The molecule has 2 aromatic carbocycles. The van der Waals surface area contributed by atoms with Gasteiger partial charge in [0.05, 0.1) is 28.6 Å². The van der Waals surface area contributed by atoms with Crippen molar-refractivity contribution in [1.29, 1.82) is 0 Å². The van der Waals surface area contributed by atoms with Gasteiger partial charge in [-0.25, -0.2) is 8.42 Å². The Balaban J connectivity index is 1.85. The van der Waals surface area contributed by atoms with E-state index in [0.717, 1.165) is 18.2 Å². The first kappa shape index (κ1) is 21.6. The molecule has 0 N–H and O–H groups in total. The third-order valence-electron chi connectivity index (χ3n) is 5.48. The van der Waals surface area contributed by atoms with Crippen LogP contribution < -0.4 is 4.90 Å². The fourth-order valence-corrected chi connectivity index (χ4v) is 5.56. The monoisotopic (exact) mass is 458 g/mol. The average molecular weight is 459 g/mol. The number of carbonyl (C=O) groups is 1. The van der Waals surface area contributed by atoms with E-state index in [-0.39, 0.29) is 21.7 Å². The summed E-state index contributed by atoms with van der Waals surface area (Å²) in [7, 11) is -3.85. The summed E-state index contributed by atoms with van der Waals surface area (Å²) < 4.78 is 32.4. The third-order valence-corrected chi connectivity index (χ3v) is 7.51. The maximum absolute atomic E-state index is 13.6. The lowest BCUT2D eigenvalue weighted by atomic mass is 9.97. The maximum atomic E-state index is 13.6. The van der Waals surface area contributed by atoms with Gasteiger partial charge in [0.1, 0.15) is 4.90 Å². The fourth-order valence-electron chi connectivity index (χ4n) is 4.00. The van der Waals surface area contributed by atoms with Crippen LogP contribution in [0.2, 0.25) is 5.02 Å². The van der Waals surface area contributed by atoms with Crippen molar-refractivity contribution in [2.45, 2.75) is 29.6 Å². The normalized spacial score (nSPS) is 17.0. The van der Waals surface area contributed by atoms with Crippen molar-refractivity contribution in [3.05, 3.63) is 59.8 Å². The molecule has 0 radical (unpaired) electrons. The van der Waals surface area contributed by atoms with Crippen LogP contribution in [0.5, 0.6) is 0 Å². The molecule has 0 amide bonds. The second-order valence-corrected chi connectivity index (χ2v) is 9.84. The minimum Gasteiger partial charge on any atom is -0.466 e.